The summed E-state index contributed by atoms with van der Waals surface area (Å²) in [6.45, 7) is 4.02. The number of pyridine rings is 1. The third kappa shape index (κ3) is 7.42. The zero-order valence-electron chi connectivity index (χ0n) is 25.7. The summed E-state index contributed by atoms with van der Waals surface area (Å²) in [5, 5.41) is 3.07. The highest BCUT2D eigenvalue weighted by Gasteiger charge is 2.26. The number of carbonyl (C=O) groups excluding carboxylic acids is 2. The molecule has 0 bridgehead atoms. The molecule has 0 saturated heterocycles. The van der Waals surface area contributed by atoms with Crippen LogP contribution in [0, 0.1) is 17.6 Å². The number of nitrogens with two attached hydrogens (primary N) is 1. The molecule has 0 radical (unpaired) electrons. The zero-order valence-corrected chi connectivity index (χ0v) is 27.3. The molecule has 7 nitrogen and oxygen atoms in total. The van der Waals surface area contributed by atoms with Crippen molar-refractivity contribution in [3.05, 3.63) is 123 Å². The fourth-order valence-electron chi connectivity index (χ4n) is 5.28. The first-order valence-electron chi connectivity index (χ1n) is 14.6. The molecule has 0 spiro atoms. The predicted octanol–water partition coefficient (Wildman–Crippen LogP) is 6.85. The number of nitrogens with one attached hydrogen (secondary N) is 1. The van der Waals surface area contributed by atoms with E-state index in [2.05, 4.69) is 10.2 Å². The molecule has 2 aromatic heterocycles. The van der Waals surface area contributed by atoms with Gasteiger partial charge in [-0.05, 0) is 48.0 Å². The maximum atomic E-state index is 14.9. The highest BCUT2D eigenvalue weighted by atomic mass is 35.5. The number of amides is 1. The van der Waals surface area contributed by atoms with Gasteiger partial charge in [0.15, 0.2) is 5.78 Å². The largest absolute Gasteiger partial charge is 0.334 e. The van der Waals surface area contributed by atoms with Crippen molar-refractivity contribution in [2.45, 2.75) is 33.5 Å². The molecular formula is C35H35ClF2N4O3S. The minimum atomic E-state index is -0.715. The van der Waals surface area contributed by atoms with E-state index >= 15 is 0 Å². The minimum absolute atomic E-state index is 0. The lowest BCUT2D eigenvalue weighted by atomic mass is 9.99. The molecule has 3 N–H and O–H groups in total. The van der Waals surface area contributed by atoms with Crippen molar-refractivity contribution in [1.82, 2.24) is 9.47 Å². The fraction of sp³-hybridized carbons (Fsp3) is 0.229. The van der Waals surface area contributed by atoms with Gasteiger partial charge in [-0.2, -0.15) is 0 Å². The minimum Gasteiger partial charge on any atom is -0.334 e. The summed E-state index contributed by atoms with van der Waals surface area (Å²) in [4.78, 5) is 42.7. The van der Waals surface area contributed by atoms with Crippen LogP contribution >= 0.6 is 23.7 Å². The number of thiophene rings is 1. The second-order valence-electron chi connectivity index (χ2n) is 11.3. The number of rotatable bonds is 11. The van der Waals surface area contributed by atoms with Gasteiger partial charge in [0.05, 0.1) is 24.0 Å². The van der Waals surface area contributed by atoms with Crippen molar-refractivity contribution in [3.8, 4) is 10.4 Å². The smallest absolute Gasteiger partial charge is 0.238 e. The molecule has 5 aromatic rings. The number of benzene rings is 3. The molecule has 3 aromatic carbocycles. The fourth-order valence-corrected chi connectivity index (χ4v) is 6.57. The van der Waals surface area contributed by atoms with Crippen LogP contribution in [0.25, 0.3) is 20.7 Å². The summed E-state index contributed by atoms with van der Waals surface area (Å²) < 4.78 is 31.3. The van der Waals surface area contributed by atoms with Gasteiger partial charge in [-0.25, -0.2) is 8.78 Å². The average Bonchev–Trinajstić information content (AvgIpc) is 3.40. The van der Waals surface area contributed by atoms with E-state index in [9.17, 15) is 23.2 Å². The number of hydrogen-bond acceptors (Lipinski definition) is 6. The average molecular weight is 665 g/mol. The highest BCUT2D eigenvalue weighted by molar-refractivity contribution is 7.22. The van der Waals surface area contributed by atoms with Crippen LogP contribution in [-0.4, -0.2) is 34.7 Å². The highest BCUT2D eigenvalue weighted by Crippen LogP contribution is 2.39. The van der Waals surface area contributed by atoms with Gasteiger partial charge in [0, 0.05) is 41.3 Å². The number of Topliss-reactive ketones (excluding diaryl/α,β-unsaturated/α-hetero) is 1. The number of ketones is 1. The second-order valence-corrected chi connectivity index (χ2v) is 12.3. The van der Waals surface area contributed by atoms with Gasteiger partial charge in [-0.3, -0.25) is 19.3 Å². The van der Waals surface area contributed by atoms with E-state index in [0.29, 0.717) is 34.6 Å². The molecule has 0 aliphatic rings. The maximum absolute atomic E-state index is 14.9. The second kappa shape index (κ2) is 14.9. The number of hydrogen-bond donors (Lipinski definition) is 2. The molecule has 0 fully saturated rings. The van der Waals surface area contributed by atoms with Crippen molar-refractivity contribution in [2.24, 2.45) is 11.7 Å². The van der Waals surface area contributed by atoms with Gasteiger partial charge in [-0.1, -0.05) is 62.4 Å². The Labute approximate surface area is 276 Å². The normalized spacial score (nSPS) is 11.2. The van der Waals surface area contributed by atoms with E-state index in [1.54, 1.807) is 30.5 Å². The Hall–Kier alpha value is -4.22. The van der Waals surface area contributed by atoms with Crippen LogP contribution in [-0.2, 0) is 24.4 Å². The van der Waals surface area contributed by atoms with Crippen molar-refractivity contribution in [1.29, 1.82) is 0 Å². The Morgan fingerprint density at radius 3 is 2.20 bits per heavy atom. The van der Waals surface area contributed by atoms with Crippen LogP contribution in [0.4, 0.5) is 14.5 Å². The topological polar surface area (TPSA) is 97.4 Å². The first-order chi connectivity index (χ1) is 21.6. The van der Waals surface area contributed by atoms with Crippen molar-refractivity contribution in [2.75, 3.05) is 18.9 Å². The lowest BCUT2D eigenvalue weighted by molar-refractivity contribution is -0.114. The Bertz CT molecular complexity index is 1900. The number of aromatic nitrogens is 1. The maximum Gasteiger partial charge on any atom is 0.238 e. The van der Waals surface area contributed by atoms with Crippen LogP contribution in [0.5, 0.6) is 0 Å². The monoisotopic (exact) mass is 664 g/mol. The summed E-state index contributed by atoms with van der Waals surface area (Å²) in [5.41, 5.74) is 7.99. The molecule has 0 atom stereocenters. The van der Waals surface area contributed by atoms with Gasteiger partial charge >= 0.3 is 0 Å². The zero-order chi connectivity index (χ0) is 32.2. The van der Waals surface area contributed by atoms with E-state index in [-0.39, 0.29) is 48.3 Å². The first-order valence-corrected chi connectivity index (χ1v) is 15.4. The van der Waals surface area contributed by atoms with Gasteiger partial charge in [0.2, 0.25) is 11.3 Å². The summed E-state index contributed by atoms with van der Waals surface area (Å²) in [6.07, 6.45) is 1.43. The SMILES string of the molecule is CC(C)C(=O)c1cn(Cc2c(F)cccc2F)c2sc(-c3ccc(NC(=O)CN)cc3)c(CN(C)Cc3ccccc3)c2c1=O.Cl. The van der Waals surface area contributed by atoms with Crippen LogP contribution in [0.2, 0.25) is 0 Å². The van der Waals surface area contributed by atoms with E-state index in [1.165, 1.54) is 35.7 Å². The molecule has 1 amide bonds. The van der Waals surface area contributed by atoms with Crippen molar-refractivity contribution in [3.63, 3.8) is 0 Å². The Kier molecular flexibility index (Phi) is 11.2. The Morgan fingerprint density at radius 2 is 1.59 bits per heavy atom. The van der Waals surface area contributed by atoms with Crippen LogP contribution < -0.4 is 16.5 Å². The standard InChI is InChI=1S/C35H34F2N4O3S.ClH/c1-21(2)32(43)27-20-41(19-25-28(36)10-7-11-29(25)37)35-31(33(27)44)26(18-40(3)17-22-8-5-4-6-9-22)34(45-35)23-12-14-24(15-13-23)39-30(42)16-38;/h4-15,20-21H,16-19,38H2,1-3H3,(H,39,42);1H. The third-order valence-electron chi connectivity index (χ3n) is 7.53. The van der Waals surface area contributed by atoms with Crippen LogP contribution in [0.1, 0.15) is 40.9 Å². The Morgan fingerprint density at radius 1 is 0.935 bits per heavy atom. The van der Waals surface area contributed by atoms with Crippen molar-refractivity contribution >= 4 is 51.3 Å². The van der Waals surface area contributed by atoms with Gasteiger partial charge < -0.3 is 15.6 Å². The lowest BCUT2D eigenvalue weighted by Crippen LogP contribution is -2.24. The molecule has 5 rings (SSSR count). The number of carbonyl (C=O) groups is 2. The molecule has 240 valence electrons. The molecular weight excluding hydrogens is 630 g/mol. The number of anilines is 1. The summed E-state index contributed by atoms with van der Waals surface area (Å²) in [7, 11) is 1.95. The number of fused-ring (bicyclic) bond motifs is 1. The molecule has 0 unspecified atom stereocenters. The van der Waals surface area contributed by atoms with Gasteiger partial charge in [0.1, 0.15) is 16.5 Å². The molecule has 46 heavy (non-hydrogen) atoms. The van der Waals surface area contributed by atoms with E-state index in [4.69, 9.17) is 5.73 Å². The van der Waals surface area contributed by atoms with Crippen molar-refractivity contribution < 1.29 is 18.4 Å². The Balaban J connectivity index is 0.00000480. The molecule has 2 heterocycles. The molecule has 0 saturated carbocycles. The molecule has 0 aliphatic carbocycles. The molecule has 0 aliphatic heterocycles. The van der Waals surface area contributed by atoms with E-state index < -0.39 is 23.0 Å². The third-order valence-corrected chi connectivity index (χ3v) is 8.84. The molecule has 11 heteroatoms. The quantitative estimate of drug-likeness (QED) is 0.151. The van der Waals surface area contributed by atoms with Crippen LogP contribution in [0.15, 0.2) is 83.8 Å². The van der Waals surface area contributed by atoms with Gasteiger partial charge in [-0.15, -0.1) is 23.7 Å². The number of halogens is 3. The predicted molar refractivity (Wildman–Crippen MR) is 183 cm³/mol. The summed E-state index contributed by atoms with van der Waals surface area (Å²) in [5.74, 6) is -2.57. The van der Waals surface area contributed by atoms with Crippen LogP contribution in [0.3, 0.4) is 0 Å². The number of nitrogens with zero attached hydrogens (tertiary/aromatic N) is 2. The summed E-state index contributed by atoms with van der Waals surface area (Å²) >= 11 is 1.32. The van der Waals surface area contributed by atoms with E-state index in [0.717, 1.165) is 16.0 Å². The van der Waals surface area contributed by atoms with Gasteiger partial charge in [0.25, 0.3) is 0 Å². The van der Waals surface area contributed by atoms with E-state index in [1.807, 2.05) is 49.5 Å². The summed E-state index contributed by atoms with van der Waals surface area (Å²) in [6, 6.07) is 20.8. The first kappa shape index (κ1) is 34.6. The lowest BCUT2D eigenvalue weighted by Gasteiger charge is -2.18.